The Labute approximate surface area is 125 Å². The average Bonchev–Trinajstić information content (AvgIpc) is 2.33. The number of carbonyl (C=O) groups excluding carboxylic acids is 1. The van der Waals surface area contributed by atoms with E-state index >= 15 is 0 Å². The molecule has 0 bridgehead atoms. The van der Waals surface area contributed by atoms with E-state index in [0.717, 1.165) is 0 Å². The van der Waals surface area contributed by atoms with Crippen molar-refractivity contribution in [3.05, 3.63) is 29.8 Å². The van der Waals surface area contributed by atoms with Crippen LogP contribution in [-0.2, 0) is 14.9 Å². The molecule has 4 nitrogen and oxygen atoms in total. The molecule has 2 rings (SSSR count). The van der Waals surface area contributed by atoms with Crippen LogP contribution in [-0.4, -0.2) is 25.5 Å². The Morgan fingerprint density at radius 3 is 2.38 bits per heavy atom. The fourth-order valence-corrected chi connectivity index (χ4v) is 2.60. The summed E-state index contributed by atoms with van der Waals surface area (Å²) in [6.07, 6.45) is -4.35. The minimum atomic E-state index is -4.82. The summed E-state index contributed by atoms with van der Waals surface area (Å²) in [4.78, 5) is 12.0. The molecule has 1 saturated carbocycles. The molecule has 0 aliphatic heterocycles. The summed E-state index contributed by atoms with van der Waals surface area (Å²) >= 11 is 0. The number of benzene rings is 1. The summed E-state index contributed by atoms with van der Waals surface area (Å²) in [5.74, 6) is -0.991. The van der Waals surface area contributed by atoms with Gasteiger partial charge in [0.05, 0.1) is 12.5 Å². The van der Waals surface area contributed by atoms with Gasteiger partial charge in [-0.05, 0) is 18.9 Å². The first-order valence-corrected chi connectivity index (χ1v) is 5.98. The van der Waals surface area contributed by atoms with Crippen molar-refractivity contribution in [3.8, 4) is 5.75 Å². The Morgan fingerprint density at radius 1 is 1.33 bits per heavy atom. The number of esters is 1. The van der Waals surface area contributed by atoms with E-state index in [1.54, 1.807) is 6.07 Å². The van der Waals surface area contributed by atoms with Crippen LogP contribution in [0.2, 0.25) is 0 Å². The van der Waals surface area contributed by atoms with Crippen LogP contribution in [0.3, 0.4) is 0 Å². The van der Waals surface area contributed by atoms with Gasteiger partial charge < -0.3 is 15.2 Å². The van der Waals surface area contributed by atoms with Crippen LogP contribution in [0.4, 0.5) is 13.2 Å². The first-order chi connectivity index (χ1) is 9.28. The highest BCUT2D eigenvalue weighted by Crippen LogP contribution is 2.48. The van der Waals surface area contributed by atoms with Crippen molar-refractivity contribution >= 4 is 18.4 Å². The van der Waals surface area contributed by atoms with E-state index in [1.165, 1.54) is 25.3 Å². The maximum atomic E-state index is 12.4. The molecule has 118 valence electrons. The summed E-state index contributed by atoms with van der Waals surface area (Å²) in [5.41, 5.74) is 4.69. The summed E-state index contributed by atoms with van der Waals surface area (Å²) < 4.78 is 46.0. The van der Waals surface area contributed by atoms with Crippen molar-refractivity contribution in [2.45, 2.75) is 30.7 Å². The van der Waals surface area contributed by atoms with Crippen molar-refractivity contribution in [1.82, 2.24) is 0 Å². The number of hydrogen-bond acceptors (Lipinski definition) is 4. The molecule has 0 amide bonds. The van der Waals surface area contributed by atoms with Crippen molar-refractivity contribution < 1.29 is 27.4 Å². The minimum absolute atomic E-state index is 0. The van der Waals surface area contributed by atoms with Crippen LogP contribution in [0, 0.1) is 0 Å². The molecule has 2 N–H and O–H groups in total. The lowest BCUT2D eigenvalue weighted by Gasteiger charge is -2.44. The van der Waals surface area contributed by atoms with E-state index in [-0.39, 0.29) is 36.9 Å². The molecule has 1 aliphatic rings. The Kier molecular flexibility index (Phi) is 5.11. The molecule has 0 radical (unpaired) electrons. The smallest absolute Gasteiger partial charge is 0.468 e. The van der Waals surface area contributed by atoms with Gasteiger partial charge in [-0.2, -0.15) is 0 Å². The second-order valence-electron chi connectivity index (χ2n) is 4.79. The van der Waals surface area contributed by atoms with Gasteiger partial charge in [0.2, 0.25) is 0 Å². The molecular formula is C13H15ClF3NO3. The van der Waals surface area contributed by atoms with Crippen LogP contribution in [0.25, 0.3) is 0 Å². The number of halogens is 4. The third kappa shape index (κ3) is 3.41. The number of hydrogen-bond donors (Lipinski definition) is 1. The first-order valence-electron chi connectivity index (χ1n) is 5.98. The molecule has 0 unspecified atom stereocenters. The lowest BCUT2D eigenvalue weighted by Crippen LogP contribution is -2.54. The minimum Gasteiger partial charge on any atom is -0.468 e. The second-order valence-corrected chi connectivity index (χ2v) is 4.79. The zero-order valence-electron chi connectivity index (χ0n) is 11.1. The van der Waals surface area contributed by atoms with Gasteiger partial charge in [-0.1, -0.05) is 18.2 Å². The Hall–Kier alpha value is -1.47. The number of alkyl halides is 3. The molecule has 0 heterocycles. The molecule has 21 heavy (non-hydrogen) atoms. The summed E-state index contributed by atoms with van der Waals surface area (Å²) in [6.45, 7) is 0. The number of rotatable bonds is 3. The standard InChI is InChI=1S/C13H14F3NO3.ClH/c1-19-11(18)12(6-8(17)7-12)9-4-2-3-5-10(9)20-13(14,15)16;/h2-5,8H,6-7,17H2,1H3;1H. The fourth-order valence-electron chi connectivity index (χ4n) is 2.60. The van der Waals surface area contributed by atoms with Crippen LogP contribution in [0.1, 0.15) is 18.4 Å². The predicted molar refractivity (Wildman–Crippen MR) is 71.3 cm³/mol. The lowest BCUT2D eigenvalue weighted by atomic mass is 9.61. The molecule has 0 saturated heterocycles. The topological polar surface area (TPSA) is 61.5 Å². The fraction of sp³-hybridized carbons (Fsp3) is 0.462. The van der Waals surface area contributed by atoms with Gasteiger partial charge in [0, 0.05) is 11.6 Å². The number of carbonyl (C=O) groups is 1. The van der Waals surface area contributed by atoms with Crippen molar-refractivity contribution in [2.24, 2.45) is 5.73 Å². The van der Waals surface area contributed by atoms with Crippen molar-refractivity contribution in [1.29, 1.82) is 0 Å². The lowest BCUT2D eigenvalue weighted by molar-refractivity contribution is -0.275. The van der Waals surface area contributed by atoms with Gasteiger partial charge in [-0.3, -0.25) is 4.79 Å². The van der Waals surface area contributed by atoms with E-state index in [1.807, 2.05) is 0 Å². The maximum absolute atomic E-state index is 12.4. The molecule has 1 aromatic rings. The van der Waals surface area contributed by atoms with Gasteiger partial charge in [0.15, 0.2) is 0 Å². The first kappa shape index (κ1) is 17.6. The van der Waals surface area contributed by atoms with Crippen molar-refractivity contribution in [3.63, 3.8) is 0 Å². The monoisotopic (exact) mass is 325 g/mol. The SMILES string of the molecule is COC(=O)C1(c2ccccc2OC(F)(F)F)CC(N)C1.Cl. The van der Waals surface area contributed by atoms with E-state index in [4.69, 9.17) is 10.5 Å². The number of para-hydroxylation sites is 1. The quantitative estimate of drug-likeness (QED) is 0.868. The van der Waals surface area contributed by atoms with Crippen LogP contribution < -0.4 is 10.5 Å². The van der Waals surface area contributed by atoms with E-state index in [2.05, 4.69) is 4.74 Å². The Balaban J connectivity index is 0.00000220. The summed E-state index contributed by atoms with van der Waals surface area (Å²) in [6, 6.07) is 5.33. The normalized spacial score (nSPS) is 24.5. The van der Waals surface area contributed by atoms with E-state index < -0.39 is 23.5 Å². The third-order valence-electron chi connectivity index (χ3n) is 3.43. The summed E-state index contributed by atoms with van der Waals surface area (Å²) in [5, 5.41) is 0. The van der Waals surface area contributed by atoms with Gasteiger partial charge >= 0.3 is 12.3 Å². The molecule has 0 spiro atoms. The zero-order valence-corrected chi connectivity index (χ0v) is 12.0. The molecular weight excluding hydrogens is 311 g/mol. The highest BCUT2D eigenvalue weighted by Gasteiger charge is 2.53. The molecule has 8 heteroatoms. The average molecular weight is 326 g/mol. The van der Waals surface area contributed by atoms with Crippen LogP contribution >= 0.6 is 12.4 Å². The predicted octanol–water partition coefficient (Wildman–Crippen LogP) is 2.54. The highest BCUT2D eigenvalue weighted by molar-refractivity contribution is 5.86. The third-order valence-corrected chi connectivity index (χ3v) is 3.43. The van der Waals surface area contributed by atoms with Gasteiger partial charge in [0.1, 0.15) is 5.75 Å². The van der Waals surface area contributed by atoms with E-state index in [9.17, 15) is 18.0 Å². The van der Waals surface area contributed by atoms with Crippen molar-refractivity contribution in [2.75, 3.05) is 7.11 Å². The maximum Gasteiger partial charge on any atom is 0.573 e. The molecule has 1 aromatic carbocycles. The Morgan fingerprint density at radius 2 is 1.90 bits per heavy atom. The summed E-state index contributed by atoms with van der Waals surface area (Å²) in [7, 11) is 1.20. The second kappa shape index (κ2) is 6.11. The van der Waals surface area contributed by atoms with Gasteiger partial charge in [-0.15, -0.1) is 25.6 Å². The number of ether oxygens (including phenoxy) is 2. The molecule has 1 aliphatic carbocycles. The van der Waals surface area contributed by atoms with Crippen LogP contribution in [0.15, 0.2) is 24.3 Å². The van der Waals surface area contributed by atoms with Crippen LogP contribution in [0.5, 0.6) is 5.75 Å². The number of nitrogens with two attached hydrogens (primary N) is 1. The molecule has 0 atom stereocenters. The largest absolute Gasteiger partial charge is 0.573 e. The highest BCUT2D eigenvalue weighted by atomic mass is 35.5. The van der Waals surface area contributed by atoms with E-state index in [0.29, 0.717) is 0 Å². The zero-order chi connectivity index (χ0) is 15.0. The molecule has 0 aromatic heterocycles. The van der Waals surface area contributed by atoms with Gasteiger partial charge in [0.25, 0.3) is 0 Å². The Bertz CT molecular complexity index is 516. The number of methoxy groups -OCH3 is 1. The van der Waals surface area contributed by atoms with Gasteiger partial charge in [-0.25, -0.2) is 0 Å². The molecule has 1 fully saturated rings.